The third kappa shape index (κ3) is 3.04. The van der Waals surface area contributed by atoms with Gasteiger partial charge in [-0.15, -0.1) is 0 Å². The molecule has 0 aliphatic carbocycles. The van der Waals surface area contributed by atoms with E-state index in [1.54, 1.807) is 0 Å². The predicted molar refractivity (Wildman–Crippen MR) is 95.1 cm³/mol. The normalized spacial score (nSPS) is 12.5. The van der Waals surface area contributed by atoms with Crippen LogP contribution in [0, 0.1) is 0 Å². The van der Waals surface area contributed by atoms with Crippen LogP contribution in [0.15, 0.2) is 60.9 Å². The molecule has 0 spiro atoms. The average molecular weight is 289 g/mol. The number of rotatable bonds is 5. The van der Waals surface area contributed by atoms with Crippen molar-refractivity contribution in [1.29, 1.82) is 0 Å². The second kappa shape index (κ2) is 6.74. The minimum atomic E-state index is 0.696. The van der Waals surface area contributed by atoms with Crippen LogP contribution in [-0.2, 0) is 0 Å². The summed E-state index contributed by atoms with van der Waals surface area (Å²) in [6.45, 7) is 4.55. The molecular weight excluding hydrogens is 266 g/mol. The van der Waals surface area contributed by atoms with Crippen LogP contribution < -0.4 is 0 Å². The maximum Gasteiger partial charge on any atom is 0.0346 e. The van der Waals surface area contributed by atoms with Gasteiger partial charge in [0.25, 0.3) is 0 Å². The van der Waals surface area contributed by atoms with Gasteiger partial charge in [-0.3, -0.25) is 4.98 Å². The molecule has 3 aromatic rings. The molecule has 0 saturated carbocycles. The van der Waals surface area contributed by atoms with Gasteiger partial charge in [0.2, 0.25) is 0 Å². The predicted octanol–water partition coefficient (Wildman–Crippen LogP) is 6.20. The zero-order chi connectivity index (χ0) is 15.4. The Balaban J connectivity index is 1.90. The topological polar surface area (TPSA) is 12.9 Å². The van der Waals surface area contributed by atoms with Gasteiger partial charge in [-0.2, -0.15) is 0 Å². The summed E-state index contributed by atoms with van der Waals surface area (Å²) in [6, 6.07) is 17.8. The van der Waals surface area contributed by atoms with Crippen LogP contribution in [0.5, 0.6) is 0 Å². The third-order valence-corrected chi connectivity index (χ3v) is 4.49. The summed E-state index contributed by atoms with van der Waals surface area (Å²) in [5.41, 5.74) is 4.03. The number of benzene rings is 2. The van der Waals surface area contributed by atoms with Gasteiger partial charge >= 0.3 is 0 Å². The molecule has 3 rings (SSSR count). The van der Waals surface area contributed by atoms with Crippen LogP contribution >= 0.6 is 0 Å². The largest absolute Gasteiger partial charge is 0.264 e. The van der Waals surface area contributed by atoms with E-state index in [0.29, 0.717) is 5.92 Å². The SMILES string of the molecule is CCCC(CC)c1ccc(-c2ccc3cnccc3c2)cc1. The molecule has 1 nitrogen and oxygen atoms in total. The Hall–Kier alpha value is -2.15. The van der Waals surface area contributed by atoms with Crippen LogP contribution in [-0.4, -0.2) is 4.98 Å². The van der Waals surface area contributed by atoms with E-state index in [-0.39, 0.29) is 0 Å². The molecular formula is C21H23N. The van der Waals surface area contributed by atoms with E-state index >= 15 is 0 Å². The number of aromatic nitrogens is 1. The van der Waals surface area contributed by atoms with Crippen molar-refractivity contribution in [3.05, 3.63) is 66.5 Å². The van der Waals surface area contributed by atoms with Gasteiger partial charge in [0, 0.05) is 17.8 Å². The van der Waals surface area contributed by atoms with Crippen molar-refractivity contribution < 1.29 is 0 Å². The maximum absolute atomic E-state index is 4.17. The molecule has 0 bridgehead atoms. The molecule has 0 N–H and O–H groups in total. The minimum Gasteiger partial charge on any atom is -0.264 e. The first kappa shape index (κ1) is 14.8. The van der Waals surface area contributed by atoms with Gasteiger partial charge in [-0.1, -0.05) is 56.7 Å². The Labute approximate surface area is 133 Å². The lowest BCUT2D eigenvalue weighted by molar-refractivity contribution is 0.596. The molecule has 0 aliphatic rings. The van der Waals surface area contributed by atoms with E-state index in [1.165, 1.54) is 46.7 Å². The molecule has 22 heavy (non-hydrogen) atoms. The fourth-order valence-electron chi connectivity index (χ4n) is 3.17. The summed E-state index contributed by atoms with van der Waals surface area (Å²) in [5.74, 6) is 0.696. The lowest BCUT2D eigenvalue weighted by atomic mass is 9.90. The van der Waals surface area contributed by atoms with E-state index < -0.39 is 0 Å². The smallest absolute Gasteiger partial charge is 0.0346 e. The molecule has 0 amide bonds. The summed E-state index contributed by atoms with van der Waals surface area (Å²) in [6.07, 6.45) is 7.51. The number of pyridine rings is 1. The molecule has 1 unspecified atom stereocenters. The van der Waals surface area contributed by atoms with Gasteiger partial charge in [-0.05, 0) is 53.0 Å². The first-order valence-corrected chi connectivity index (χ1v) is 8.26. The Bertz CT molecular complexity index is 743. The summed E-state index contributed by atoms with van der Waals surface area (Å²) >= 11 is 0. The molecule has 0 saturated heterocycles. The fraction of sp³-hybridized carbons (Fsp3) is 0.286. The quantitative estimate of drug-likeness (QED) is 0.545. The van der Waals surface area contributed by atoms with Crippen molar-refractivity contribution in [1.82, 2.24) is 4.98 Å². The van der Waals surface area contributed by atoms with Crippen molar-refractivity contribution in [2.75, 3.05) is 0 Å². The molecule has 0 radical (unpaired) electrons. The summed E-state index contributed by atoms with van der Waals surface area (Å²) in [5, 5.41) is 2.44. The van der Waals surface area contributed by atoms with E-state index in [0.717, 1.165) is 0 Å². The van der Waals surface area contributed by atoms with E-state index in [9.17, 15) is 0 Å². The molecule has 1 aromatic heterocycles. The van der Waals surface area contributed by atoms with Crippen molar-refractivity contribution >= 4 is 10.8 Å². The van der Waals surface area contributed by atoms with Gasteiger partial charge in [-0.25, -0.2) is 0 Å². The molecule has 2 aromatic carbocycles. The highest BCUT2D eigenvalue weighted by Gasteiger charge is 2.08. The Morgan fingerprint density at radius 2 is 1.64 bits per heavy atom. The second-order valence-electron chi connectivity index (χ2n) is 5.95. The lowest BCUT2D eigenvalue weighted by Crippen LogP contribution is -1.96. The van der Waals surface area contributed by atoms with Crippen molar-refractivity contribution in [3.63, 3.8) is 0 Å². The van der Waals surface area contributed by atoms with Crippen molar-refractivity contribution in [2.45, 2.75) is 39.0 Å². The molecule has 1 heterocycles. The highest BCUT2D eigenvalue weighted by Crippen LogP contribution is 2.28. The van der Waals surface area contributed by atoms with Crippen LogP contribution in [0.25, 0.3) is 21.9 Å². The van der Waals surface area contributed by atoms with Crippen LogP contribution in [0.2, 0.25) is 0 Å². The van der Waals surface area contributed by atoms with Crippen molar-refractivity contribution in [3.8, 4) is 11.1 Å². The molecule has 1 atom stereocenters. The van der Waals surface area contributed by atoms with Crippen LogP contribution in [0.1, 0.15) is 44.6 Å². The number of hydrogen-bond acceptors (Lipinski definition) is 1. The summed E-state index contributed by atoms with van der Waals surface area (Å²) in [7, 11) is 0. The maximum atomic E-state index is 4.17. The Morgan fingerprint density at radius 1 is 0.864 bits per heavy atom. The van der Waals surface area contributed by atoms with E-state index in [2.05, 4.69) is 67.4 Å². The van der Waals surface area contributed by atoms with Crippen LogP contribution in [0.4, 0.5) is 0 Å². The van der Waals surface area contributed by atoms with E-state index in [4.69, 9.17) is 0 Å². The van der Waals surface area contributed by atoms with Gasteiger partial charge < -0.3 is 0 Å². The number of nitrogens with zero attached hydrogens (tertiary/aromatic N) is 1. The fourth-order valence-corrected chi connectivity index (χ4v) is 3.17. The lowest BCUT2D eigenvalue weighted by Gasteiger charge is -2.15. The monoisotopic (exact) mass is 289 g/mol. The van der Waals surface area contributed by atoms with Gasteiger partial charge in [0.05, 0.1) is 0 Å². The number of hydrogen-bond donors (Lipinski definition) is 0. The molecule has 1 heteroatoms. The second-order valence-corrected chi connectivity index (χ2v) is 5.95. The number of fused-ring (bicyclic) bond motifs is 1. The Kier molecular flexibility index (Phi) is 4.53. The van der Waals surface area contributed by atoms with Gasteiger partial charge in [0.1, 0.15) is 0 Å². The average Bonchev–Trinajstić information content (AvgIpc) is 2.59. The first-order valence-electron chi connectivity index (χ1n) is 8.26. The Morgan fingerprint density at radius 3 is 2.36 bits per heavy atom. The molecule has 0 fully saturated rings. The molecule has 0 aliphatic heterocycles. The standard InChI is InChI=1S/C21H23N/c1-3-5-16(4-2)17-6-8-18(9-7-17)19-10-11-21-15-22-13-12-20(21)14-19/h6-16H,3-5H2,1-2H3. The highest BCUT2D eigenvalue weighted by atomic mass is 14.6. The minimum absolute atomic E-state index is 0.696. The van der Waals surface area contributed by atoms with E-state index in [1.807, 2.05) is 12.4 Å². The highest BCUT2D eigenvalue weighted by molar-refractivity contribution is 5.86. The summed E-state index contributed by atoms with van der Waals surface area (Å²) in [4.78, 5) is 4.17. The molecule has 112 valence electrons. The third-order valence-electron chi connectivity index (χ3n) is 4.49. The zero-order valence-electron chi connectivity index (χ0n) is 13.4. The summed E-state index contributed by atoms with van der Waals surface area (Å²) < 4.78 is 0. The zero-order valence-corrected chi connectivity index (χ0v) is 13.4. The van der Waals surface area contributed by atoms with Gasteiger partial charge in [0.15, 0.2) is 0 Å². The first-order chi connectivity index (χ1) is 10.8. The van der Waals surface area contributed by atoms with Crippen molar-refractivity contribution in [2.24, 2.45) is 0 Å². The van der Waals surface area contributed by atoms with Crippen LogP contribution in [0.3, 0.4) is 0 Å².